The molecule has 1 saturated heterocycles. The van der Waals surface area contributed by atoms with E-state index < -0.39 is 0 Å². The molecule has 0 atom stereocenters. The second kappa shape index (κ2) is 6.81. The van der Waals surface area contributed by atoms with Crippen LogP contribution < -0.4 is 10.5 Å². The predicted molar refractivity (Wildman–Crippen MR) is 84.7 cm³/mol. The van der Waals surface area contributed by atoms with Gasteiger partial charge >= 0.3 is 0 Å². The van der Waals surface area contributed by atoms with E-state index in [0.29, 0.717) is 32.4 Å². The number of carbonyl (C=O) groups is 2. The highest BCUT2D eigenvalue weighted by atomic mass is 16.5. The third-order valence-electron chi connectivity index (χ3n) is 4.29. The van der Waals surface area contributed by atoms with Crippen molar-refractivity contribution in [1.82, 2.24) is 4.90 Å². The number of nitrogens with two attached hydrogens (primary N) is 1. The van der Waals surface area contributed by atoms with Crippen molar-refractivity contribution in [2.24, 2.45) is 11.7 Å². The number of amides is 2. The lowest BCUT2D eigenvalue weighted by molar-refractivity contribution is -0.134. The smallest absolute Gasteiger partial charge is 0.227 e. The molecule has 0 unspecified atom stereocenters. The molecule has 1 aromatic carbocycles. The Kier molecular flexibility index (Phi) is 5.06. The Morgan fingerprint density at radius 1 is 1.27 bits per heavy atom. The van der Waals surface area contributed by atoms with Crippen LogP contribution >= 0.6 is 0 Å². The summed E-state index contributed by atoms with van der Waals surface area (Å²) in [7, 11) is 1.63. The van der Waals surface area contributed by atoms with E-state index >= 15 is 0 Å². The number of primary amides is 1. The summed E-state index contributed by atoms with van der Waals surface area (Å²) in [5.74, 6) is 0.500. The number of benzene rings is 1. The van der Waals surface area contributed by atoms with Crippen LogP contribution in [0.4, 0.5) is 0 Å². The van der Waals surface area contributed by atoms with E-state index in [2.05, 4.69) is 0 Å². The van der Waals surface area contributed by atoms with Crippen molar-refractivity contribution in [2.45, 2.75) is 33.1 Å². The summed E-state index contributed by atoms with van der Waals surface area (Å²) in [6, 6.07) is 4.05. The molecule has 2 amide bonds. The van der Waals surface area contributed by atoms with Crippen molar-refractivity contribution in [3.05, 3.63) is 28.8 Å². The number of aryl methyl sites for hydroxylation is 2. The zero-order valence-corrected chi connectivity index (χ0v) is 13.5. The van der Waals surface area contributed by atoms with E-state index in [1.54, 1.807) is 7.11 Å². The van der Waals surface area contributed by atoms with Gasteiger partial charge in [-0.15, -0.1) is 0 Å². The van der Waals surface area contributed by atoms with Crippen molar-refractivity contribution >= 4 is 11.8 Å². The number of methoxy groups -OCH3 is 1. The molecule has 0 radical (unpaired) electrons. The Morgan fingerprint density at radius 3 is 2.45 bits per heavy atom. The monoisotopic (exact) mass is 304 g/mol. The molecule has 1 fully saturated rings. The molecule has 5 nitrogen and oxygen atoms in total. The first-order valence-electron chi connectivity index (χ1n) is 7.63. The first-order chi connectivity index (χ1) is 10.4. The van der Waals surface area contributed by atoms with Crippen LogP contribution in [0.25, 0.3) is 0 Å². The third-order valence-corrected chi connectivity index (χ3v) is 4.29. The summed E-state index contributed by atoms with van der Waals surface area (Å²) in [6.07, 6.45) is 1.64. The Bertz CT molecular complexity index is 576. The average Bonchev–Trinajstić information content (AvgIpc) is 2.47. The van der Waals surface area contributed by atoms with Gasteiger partial charge in [0, 0.05) is 24.6 Å². The van der Waals surface area contributed by atoms with Crippen molar-refractivity contribution in [2.75, 3.05) is 20.2 Å². The van der Waals surface area contributed by atoms with Gasteiger partial charge in [0.05, 0.1) is 13.5 Å². The predicted octanol–water partition coefficient (Wildman–Crippen LogP) is 1.58. The molecule has 1 aliphatic heterocycles. The summed E-state index contributed by atoms with van der Waals surface area (Å²) in [5.41, 5.74) is 8.40. The van der Waals surface area contributed by atoms with Gasteiger partial charge in [-0.3, -0.25) is 9.59 Å². The molecule has 120 valence electrons. The van der Waals surface area contributed by atoms with E-state index in [1.807, 2.05) is 30.9 Å². The number of likely N-dealkylation sites (tertiary alicyclic amines) is 1. The van der Waals surface area contributed by atoms with Crippen LogP contribution in [-0.4, -0.2) is 36.9 Å². The van der Waals surface area contributed by atoms with E-state index in [4.69, 9.17) is 10.5 Å². The first-order valence-corrected chi connectivity index (χ1v) is 7.63. The van der Waals surface area contributed by atoms with Gasteiger partial charge in [0.2, 0.25) is 11.8 Å². The lowest BCUT2D eigenvalue weighted by atomic mass is 9.95. The largest absolute Gasteiger partial charge is 0.496 e. The normalized spacial score (nSPS) is 15.7. The first kappa shape index (κ1) is 16.3. The molecular weight excluding hydrogens is 280 g/mol. The summed E-state index contributed by atoms with van der Waals surface area (Å²) in [6.45, 7) is 5.19. The van der Waals surface area contributed by atoms with Crippen LogP contribution in [0.15, 0.2) is 12.1 Å². The van der Waals surface area contributed by atoms with Crippen LogP contribution in [0.5, 0.6) is 5.75 Å². The minimum absolute atomic E-state index is 0.0752. The summed E-state index contributed by atoms with van der Waals surface area (Å²) >= 11 is 0. The second-order valence-corrected chi connectivity index (χ2v) is 6.01. The Hall–Kier alpha value is -2.04. The van der Waals surface area contributed by atoms with Crippen LogP contribution in [0.2, 0.25) is 0 Å². The molecule has 1 heterocycles. The van der Waals surface area contributed by atoms with Gasteiger partial charge in [-0.05, 0) is 32.3 Å². The third kappa shape index (κ3) is 3.59. The standard InChI is InChI=1S/C17H24N2O3/c1-11-8-12(2)16(22-3)14(9-11)10-15(20)19-6-4-13(5-7-19)17(18)21/h8-9,13H,4-7,10H2,1-3H3,(H2,18,21). The minimum atomic E-state index is -0.261. The highest BCUT2D eigenvalue weighted by molar-refractivity contribution is 5.81. The maximum absolute atomic E-state index is 12.5. The SMILES string of the molecule is COc1c(C)cc(C)cc1CC(=O)N1CCC(C(N)=O)CC1. The molecule has 0 aliphatic carbocycles. The lowest BCUT2D eigenvalue weighted by Crippen LogP contribution is -2.42. The molecule has 2 rings (SSSR count). The van der Waals surface area contributed by atoms with Crippen molar-refractivity contribution in [3.8, 4) is 5.75 Å². The van der Waals surface area contributed by atoms with E-state index in [0.717, 1.165) is 22.4 Å². The van der Waals surface area contributed by atoms with Gasteiger partial charge in [-0.1, -0.05) is 17.7 Å². The summed E-state index contributed by atoms with van der Waals surface area (Å²) in [5, 5.41) is 0. The van der Waals surface area contributed by atoms with Crippen LogP contribution in [0.3, 0.4) is 0 Å². The molecule has 2 N–H and O–H groups in total. The van der Waals surface area contributed by atoms with E-state index in [9.17, 15) is 9.59 Å². The van der Waals surface area contributed by atoms with Gasteiger partial charge < -0.3 is 15.4 Å². The van der Waals surface area contributed by atoms with Gasteiger partial charge in [0.1, 0.15) is 5.75 Å². The van der Waals surface area contributed by atoms with Gasteiger partial charge in [0.15, 0.2) is 0 Å². The number of piperidine rings is 1. The highest BCUT2D eigenvalue weighted by Gasteiger charge is 2.26. The van der Waals surface area contributed by atoms with Crippen LogP contribution in [0, 0.1) is 19.8 Å². The molecule has 1 aliphatic rings. The number of carbonyl (C=O) groups excluding carboxylic acids is 2. The summed E-state index contributed by atoms with van der Waals surface area (Å²) < 4.78 is 5.44. The van der Waals surface area contributed by atoms with Crippen LogP contribution in [0.1, 0.15) is 29.5 Å². The average molecular weight is 304 g/mol. The molecule has 0 spiro atoms. The number of nitrogens with zero attached hydrogens (tertiary/aromatic N) is 1. The van der Waals surface area contributed by atoms with Crippen molar-refractivity contribution in [3.63, 3.8) is 0 Å². The van der Waals surface area contributed by atoms with Gasteiger partial charge in [0.25, 0.3) is 0 Å². The topological polar surface area (TPSA) is 72.6 Å². The minimum Gasteiger partial charge on any atom is -0.496 e. The zero-order chi connectivity index (χ0) is 16.3. The van der Waals surface area contributed by atoms with Crippen LogP contribution in [-0.2, 0) is 16.0 Å². The number of rotatable bonds is 4. The fourth-order valence-corrected chi connectivity index (χ4v) is 3.15. The molecule has 0 saturated carbocycles. The van der Waals surface area contributed by atoms with Crippen molar-refractivity contribution < 1.29 is 14.3 Å². The lowest BCUT2D eigenvalue weighted by Gasteiger charge is -2.30. The Morgan fingerprint density at radius 2 is 1.91 bits per heavy atom. The zero-order valence-electron chi connectivity index (χ0n) is 13.5. The Balaban J connectivity index is 2.05. The number of hydrogen-bond acceptors (Lipinski definition) is 3. The molecule has 1 aromatic rings. The number of ether oxygens (including phenoxy) is 1. The molecule has 22 heavy (non-hydrogen) atoms. The molecular formula is C17H24N2O3. The fourth-order valence-electron chi connectivity index (χ4n) is 3.15. The maximum atomic E-state index is 12.5. The Labute approximate surface area is 131 Å². The molecule has 0 bridgehead atoms. The van der Waals surface area contributed by atoms with Gasteiger partial charge in [-0.2, -0.15) is 0 Å². The maximum Gasteiger partial charge on any atom is 0.227 e. The van der Waals surface area contributed by atoms with E-state index in [1.165, 1.54) is 0 Å². The second-order valence-electron chi connectivity index (χ2n) is 6.01. The molecule has 5 heteroatoms. The fraction of sp³-hybridized carbons (Fsp3) is 0.529. The van der Waals surface area contributed by atoms with Gasteiger partial charge in [-0.25, -0.2) is 0 Å². The number of hydrogen-bond donors (Lipinski definition) is 1. The molecule has 0 aromatic heterocycles. The van der Waals surface area contributed by atoms with E-state index in [-0.39, 0.29) is 17.7 Å². The highest BCUT2D eigenvalue weighted by Crippen LogP contribution is 2.26. The van der Waals surface area contributed by atoms with Crippen molar-refractivity contribution in [1.29, 1.82) is 0 Å². The quantitative estimate of drug-likeness (QED) is 0.918. The summed E-state index contributed by atoms with van der Waals surface area (Å²) in [4.78, 5) is 25.5.